The van der Waals surface area contributed by atoms with Crippen LogP contribution in [0.4, 0.5) is 0 Å². The van der Waals surface area contributed by atoms with Crippen LogP contribution in [0.1, 0.15) is 11.1 Å². The third kappa shape index (κ3) is 5.01. The summed E-state index contributed by atoms with van der Waals surface area (Å²) in [5.41, 5.74) is 1.37. The number of carbonyl (C=O) groups excluding carboxylic acids is 2. The molecule has 0 unspecified atom stereocenters. The number of rotatable bonds is 6. The summed E-state index contributed by atoms with van der Waals surface area (Å²) in [6.45, 7) is -0.137. The Labute approximate surface area is 187 Å². The van der Waals surface area contributed by atoms with E-state index in [0.717, 1.165) is 0 Å². The van der Waals surface area contributed by atoms with Crippen molar-refractivity contribution in [3.8, 4) is 11.5 Å². The molecule has 0 radical (unpaired) electrons. The quantitative estimate of drug-likeness (QED) is 0.450. The SMILES string of the molecule is COc1cc(/C=C2\N=C(c3cccc(Cl)c3)OC2=O)cc(Br)c1OCC(=O)N(C)C. The molecule has 2 aromatic rings. The number of cyclic esters (lactones) is 1. The number of benzene rings is 2. The van der Waals surface area contributed by atoms with Crippen LogP contribution in [-0.4, -0.2) is 50.5 Å². The third-order valence-electron chi connectivity index (χ3n) is 4.09. The predicted molar refractivity (Wildman–Crippen MR) is 117 cm³/mol. The third-order valence-corrected chi connectivity index (χ3v) is 4.91. The largest absolute Gasteiger partial charge is 0.493 e. The first-order chi connectivity index (χ1) is 14.3. The molecule has 1 aliphatic rings. The van der Waals surface area contributed by atoms with E-state index >= 15 is 0 Å². The second-order valence-electron chi connectivity index (χ2n) is 6.46. The number of ether oxygens (including phenoxy) is 3. The Morgan fingerprint density at radius 3 is 2.73 bits per heavy atom. The number of hydrogen-bond donors (Lipinski definition) is 0. The average molecular weight is 494 g/mol. The average Bonchev–Trinajstić information content (AvgIpc) is 3.06. The van der Waals surface area contributed by atoms with Crippen molar-refractivity contribution in [3.63, 3.8) is 0 Å². The van der Waals surface area contributed by atoms with Crippen molar-refractivity contribution in [3.05, 3.63) is 62.7 Å². The number of nitrogens with zero attached hydrogens (tertiary/aromatic N) is 2. The molecule has 0 saturated heterocycles. The summed E-state index contributed by atoms with van der Waals surface area (Å²) < 4.78 is 16.8. The van der Waals surface area contributed by atoms with E-state index in [2.05, 4.69) is 20.9 Å². The van der Waals surface area contributed by atoms with Gasteiger partial charge in [0.05, 0.1) is 11.6 Å². The molecule has 1 amide bonds. The summed E-state index contributed by atoms with van der Waals surface area (Å²) in [5.74, 6) is 0.200. The van der Waals surface area contributed by atoms with Crippen LogP contribution in [-0.2, 0) is 14.3 Å². The van der Waals surface area contributed by atoms with E-state index in [9.17, 15) is 9.59 Å². The van der Waals surface area contributed by atoms with Gasteiger partial charge in [0, 0.05) is 24.7 Å². The minimum Gasteiger partial charge on any atom is -0.493 e. The van der Waals surface area contributed by atoms with Crippen molar-refractivity contribution in [2.24, 2.45) is 4.99 Å². The van der Waals surface area contributed by atoms with Crippen molar-refractivity contribution >= 4 is 51.4 Å². The molecule has 0 bridgehead atoms. The second-order valence-corrected chi connectivity index (χ2v) is 7.75. The van der Waals surface area contributed by atoms with Gasteiger partial charge in [0.25, 0.3) is 5.91 Å². The molecular weight excluding hydrogens is 476 g/mol. The Morgan fingerprint density at radius 1 is 1.30 bits per heavy atom. The molecule has 2 aromatic carbocycles. The van der Waals surface area contributed by atoms with Gasteiger partial charge in [-0.15, -0.1) is 0 Å². The van der Waals surface area contributed by atoms with Crippen molar-refractivity contribution in [1.29, 1.82) is 0 Å². The number of halogens is 2. The van der Waals surface area contributed by atoms with E-state index in [1.54, 1.807) is 56.6 Å². The molecule has 1 heterocycles. The smallest absolute Gasteiger partial charge is 0.363 e. The highest BCUT2D eigenvalue weighted by molar-refractivity contribution is 9.10. The lowest BCUT2D eigenvalue weighted by atomic mass is 10.1. The number of esters is 1. The summed E-state index contributed by atoms with van der Waals surface area (Å²) >= 11 is 9.41. The summed E-state index contributed by atoms with van der Waals surface area (Å²) in [6.07, 6.45) is 1.57. The zero-order valence-corrected chi connectivity index (χ0v) is 18.8. The second kappa shape index (κ2) is 9.32. The Kier molecular flexibility index (Phi) is 6.79. The molecule has 0 fully saturated rings. The zero-order valence-electron chi connectivity index (χ0n) is 16.4. The standard InChI is InChI=1S/C21H18BrClN2O5/c1-25(2)18(26)11-29-19-15(22)7-12(9-17(19)28-3)8-16-21(27)30-20(24-16)13-5-4-6-14(23)10-13/h4-10H,11H2,1-3H3/b16-8-. The van der Waals surface area contributed by atoms with Crippen LogP contribution in [0.15, 0.2) is 51.6 Å². The Morgan fingerprint density at radius 2 is 2.07 bits per heavy atom. The number of carbonyl (C=O) groups is 2. The lowest BCUT2D eigenvalue weighted by Gasteiger charge is -2.15. The summed E-state index contributed by atoms with van der Waals surface area (Å²) in [7, 11) is 4.77. The van der Waals surface area contributed by atoms with Crippen LogP contribution in [0.2, 0.25) is 5.02 Å². The Hall–Kier alpha value is -2.84. The predicted octanol–water partition coefficient (Wildman–Crippen LogP) is 3.92. The minimum absolute atomic E-state index is 0.135. The maximum atomic E-state index is 12.2. The highest BCUT2D eigenvalue weighted by atomic mass is 79.9. The lowest BCUT2D eigenvalue weighted by Crippen LogP contribution is -2.27. The molecule has 3 rings (SSSR count). The minimum atomic E-state index is -0.572. The first kappa shape index (κ1) is 21.9. The van der Waals surface area contributed by atoms with Crippen molar-refractivity contribution in [1.82, 2.24) is 4.90 Å². The van der Waals surface area contributed by atoms with Crippen molar-refractivity contribution in [2.45, 2.75) is 0 Å². The fourth-order valence-electron chi connectivity index (χ4n) is 2.54. The van der Waals surface area contributed by atoms with Crippen LogP contribution in [0, 0.1) is 0 Å². The number of methoxy groups -OCH3 is 1. The molecule has 1 aliphatic heterocycles. The van der Waals surface area contributed by atoms with Crippen molar-refractivity contribution in [2.75, 3.05) is 27.8 Å². The molecule has 0 saturated carbocycles. The van der Waals surface area contributed by atoms with Crippen molar-refractivity contribution < 1.29 is 23.8 Å². The van der Waals surface area contributed by atoms with E-state index in [1.165, 1.54) is 12.0 Å². The number of hydrogen-bond acceptors (Lipinski definition) is 6. The molecule has 0 atom stereocenters. The van der Waals surface area contributed by atoms with E-state index in [-0.39, 0.29) is 24.1 Å². The van der Waals surface area contributed by atoms with Gasteiger partial charge in [0.15, 0.2) is 23.8 Å². The van der Waals surface area contributed by atoms with Crippen LogP contribution in [0.5, 0.6) is 11.5 Å². The Balaban J connectivity index is 1.88. The van der Waals surface area contributed by atoms with Crippen LogP contribution < -0.4 is 9.47 Å². The van der Waals surface area contributed by atoms with Gasteiger partial charge >= 0.3 is 5.97 Å². The van der Waals surface area contributed by atoms with Crippen LogP contribution >= 0.6 is 27.5 Å². The molecule has 0 spiro atoms. The van der Waals surface area contributed by atoms with Gasteiger partial charge in [-0.1, -0.05) is 17.7 Å². The monoisotopic (exact) mass is 492 g/mol. The van der Waals surface area contributed by atoms with E-state index < -0.39 is 5.97 Å². The molecule has 0 N–H and O–H groups in total. The van der Waals surface area contributed by atoms with Crippen LogP contribution in [0.3, 0.4) is 0 Å². The first-order valence-corrected chi connectivity index (χ1v) is 9.94. The van der Waals surface area contributed by atoms with E-state index in [1.807, 2.05) is 0 Å². The normalized spacial score (nSPS) is 14.4. The maximum Gasteiger partial charge on any atom is 0.363 e. The molecule has 0 aromatic heterocycles. The van der Waals surface area contributed by atoms with E-state index in [0.29, 0.717) is 32.1 Å². The maximum absolute atomic E-state index is 12.2. The summed E-state index contributed by atoms with van der Waals surface area (Å²) in [6, 6.07) is 10.3. The van der Waals surface area contributed by atoms with Crippen LogP contribution in [0.25, 0.3) is 6.08 Å². The first-order valence-electron chi connectivity index (χ1n) is 8.77. The fraction of sp³-hybridized carbons (Fsp3) is 0.190. The van der Waals surface area contributed by atoms with Gasteiger partial charge < -0.3 is 19.1 Å². The number of likely N-dealkylation sites (N-methyl/N-ethyl adjacent to an activating group) is 1. The van der Waals surface area contributed by atoms with Gasteiger partial charge in [-0.2, -0.15) is 0 Å². The molecular formula is C21H18BrClN2O5. The van der Waals surface area contributed by atoms with Gasteiger partial charge in [-0.25, -0.2) is 9.79 Å². The molecule has 7 nitrogen and oxygen atoms in total. The molecule has 30 heavy (non-hydrogen) atoms. The summed E-state index contributed by atoms with van der Waals surface area (Å²) in [4.78, 5) is 29.7. The van der Waals surface area contributed by atoms with Gasteiger partial charge in [-0.05, 0) is 57.9 Å². The molecule has 156 valence electrons. The zero-order chi connectivity index (χ0) is 21.8. The molecule has 0 aliphatic carbocycles. The number of aliphatic imine (C=N–C) groups is 1. The van der Waals surface area contributed by atoms with Gasteiger partial charge in [-0.3, -0.25) is 4.79 Å². The lowest BCUT2D eigenvalue weighted by molar-refractivity contribution is -0.131. The number of amides is 1. The van der Waals surface area contributed by atoms with Gasteiger partial charge in [0.2, 0.25) is 5.90 Å². The highest BCUT2D eigenvalue weighted by Gasteiger charge is 2.24. The Bertz CT molecular complexity index is 1070. The summed E-state index contributed by atoms with van der Waals surface area (Å²) in [5, 5.41) is 0.515. The topological polar surface area (TPSA) is 77.4 Å². The van der Waals surface area contributed by atoms with E-state index in [4.69, 9.17) is 25.8 Å². The molecule has 9 heteroatoms. The fourth-order valence-corrected chi connectivity index (χ4v) is 3.30. The highest BCUT2D eigenvalue weighted by Crippen LogP contribution is 2.37. The van der Waals surface area contributed by atoms with Gasteiger partial charge in [0.1, 0.15) is 0 Å².